The van der Waals surface area contributed by atoms with Crippen molar-refractivity contribution in [3.8, 4) is 0 Å². The van der Waals surface area contributed by atoms with Crippen LogP contribution in [0.4, 0.5) is 0 Å². The largest absolute Gasteiger partial charge is 0.352 e. The van der Waals surface area contributed by atoms with Gasteiger partial charge in [-0.1, -0.05) is 6.92 Å². The van der Waals surface area contributed by atoms with Gasteiger partial charge in [-0.15, -0.1) is 0 Å². The molecule has 2 atom stereocenters. The number of carbonyl (C=O) groups excluding carboxylic acids is 1. The van der Waals surface area contributed by atoms with Gasteiger partial charge in [-0.25, -0.2) is 0 Å². The third-order valence-corrected chi connectivity index (χ3v) is 3.46. The standard InChI is InChI=1S/C13H21N3O/c1-9-4-5-12(6-9)14-13(17)8-16-11(3)7-10(2)15-16/h7,9,12H,4-6,8H2,1-3H3,(H,14,17). The second kappa shape index (κ2) is 4.90. The maximum Gasteiger partial charge on any atom is 0.241 e. The zero-order valence-corrected chi connectivity index (χ0v) is 10.9. The lowest BCUT2D eigenvalue weighted by Crippen LogP contribution is -2.35. The molecule has 0 spiro atoms. The zero-order valence-electron chi connectivity index (χ0n) is 10.9. The van der Waals surface area contributed by atoms with Gasteiger partial charge in [0.2, 0.25) is 5.91 Å². The molecule has 1 saturated carbocycles. The molecule has 1 aromatic rings. The van der Waals surface area contributed by atoms with Crippen molar-refractivity contribution in [1.29, 1.82) is 0 Å². The fraction of sp³-hybridized carbons (Fsp3) is 0.692. The predicted octanol–water partition coefficient (Wildman–Crippen LogP) is 1.80. The Hall–Kier alpha value is -1.32. The van der Waals surface area contributed by atoms with E-state index >= 15 is 0 Å². The Kier molecular flexibility index (Phi) is 3.50. The molecule has 0 aliphatic heterocycles. The first-order valence-corrected chi connectivity index (χ1v) is 6.35. The molecular weight excluding hydrogens is 214 g/mol. The molecule has 4 nitrogen and oxygen atoms in total. The summed E-state index contributed by atoms with van der Waals surface area (Å²) in [5, 5.41) is 7.39. The summed E-state index contributed by atoms with van der Waals surface area (Å²) in [7, 11) is 0. The maximum atomic E-state index is 11.9. The number of amides is 1. The summed E-state index contributed by atoms with van der Waals surface area (Å²) in [6, 6.07) is 2.36. The number of hydrogen-bond donors (Lipinski definition) is 1. The van der Waals surface area contributed by atoms with E-state index in [1.165, 1.54) is 6.42 Å². The fourth-order valence-corrected chi connectivity index (χ4v) is 2.58. The van der Waals surface area contributed by atoms with Crippen LogP contribution in [0.5, 0.6) is 0 Å². The van der Waals surface area contributed by atoms with Crippen molar-refractivity contribution in [2.45, 2.75) is 52.6 Å². The van der Waals surface area contributed by atoms with Gasteiger partial charge in [0.05, 0.1) is 5.69 Å². The fourth-order valence-electron chi connectivity index (χ4n) is 2.58. The highest BCUT2D eigenvalue weighted by molar-refractivity contribution is 5.76. The van der Waals surface area contributed by atoms with Crippen LogP contribution >= 0.6 is 0 Å². The third-order valence-electron chi connectivity index (χ3n) is 3.46. The molecule has 1 aromatic heterocycles. The Balaban J connectivity index is 1.87. The molecule has 17 heavy (non-hydrogen) atoms. The number of hydrogen-bond acceptors (Lipinski definition) is 2. The molecule has 1 fully saturated rings. The predicted molar refractivity (Wildman–Crippen MR) is 66.6 cm³/mol. The van der Waals surface area contributed by atoms with Crippen LogP contribution in [0.3, 0.4) is 0 Å². The van der Waals surface area contributed by atoms with Crippen molar-refractivity contribution >= 4 is 5.91 Å². The summed E-state index contributed by atoms with van der Waals surface area (Å²) in [4.78, 5) is 11.9. The Bertz CT molecular complexity index is 411. The minimum Gasteiger partial charge on any atom is -0.352 e. The van der Waals surface area contributed by atoms with Crippen molar-refractivity contribution < 1.29 is 4.79 Å². The van der Waals surface area contributed by atoms with E-state index in [9.17, 15) is 4.79 Å². The van der Waals surface area contributed by atoms with Crippen LogP contribution < -0.4 is 5.32 Å². The van der Waals surface area contributed by atoms with Crippen LogP contribution in [-0.4, -0.2) is 21.7 Å². The Morgan fingerprint density at radius 2 is 2.29 bits per heavy atom. The number of nitrogens with one attached hydrogen (secondary N) is 1. The number of nitrogens with zero attached hydrogens (tertiary/aromatic N) is 2. The topological polar surface area (TPSA) is 46.9 Å². The van der Waals surface area contributed by atoms with Crippen molar-refractivity contribution in [2.75, 3.05) is 0 Å². The highest BCUT2D eigenvalue weighted by Crippen LogP contribution is 2.24. The van der Waals surface area contributed by atoms with Crippen molar-refractivity contribution in [3.05, 3.63) is 17.5 Å². The van der Waals surface area contributed by atoms with Crippen molar-refractivity contribution in [2.24, 2.45) is 5.92 Å². The van der Waals surface area contributed by atoms with Crippen molar-refractivity contribution in [3.63, 3.8) is 0 Å². The quantitative estimate of drug-likeness (QED) is 0.868. The monoisotopic (exact) mass is 235 g/mol. The SMILES string of the molecule is Cc1cc(C)n(CC(=O)NC2CCC(C)C2)n1. The number of aromatic nitrogens is 2. The summed E-state index contributed by atoms with van der Waals surface area (Å²) >= 11 is 0. The molecule has 4 heteroatoms. The Labute approximate surface area is 102 Å². The molecule has 1 aliphatic carbocycles. The van der Waals surface area contributed by atoms with Crippen LogP contribution in [-0.2, 0) is 11.3 Å². The molecule has 1 aliphatic rings. The zero-order chi connectivity index (χ0) is 12.4. The summed E-state index contributed by atoms with van der Waals surface area (Å²) in [5.74, 6) is 0.823. The maximum absolute atomic E-state index is 11.9. The van der Waals surface area contributed by atoms with E-state index < -0.39 is 0 Å². The molecule has 0 bridgehead atoms. The molecule has 2 unspecified atom stereocenters. The third kappa shape index (κ3) is 3.08. The van der Waals surface area contributed by atoms with Gasteiger partial charge in [0, 0.05) is 11.7 Å². The first-order valence-electron chi connectivity index (χ1n) is 6.35. The van der Waals surface area contributed by atoms with Gasteiger partial charge in [-0.05, 0) is 45.1 Å². The Morgan fingerprint density at radius 3 is 2.82 bits per heavy atom. The van der Waals surface area contributed by atoms with Crippen LogP contribution in [0, 0.1) is 19.8 Å². The van der Waals surface area contributed by atoms with Crippen LogP contribution in [0.1, 0.15) is 37.6 Å². The van der Waals surface area contributed by atoms with E-state index in [0.717, 1.165) is 30.1 Å². The van der Waals surface area contributed by atoms with Gasteiger partial charge in [-0.2, -0.15) is 5.10 Å². The van der Waals surface area contributed by atoms with Gasteiger partial charge < -0.3 is 5.32 Å². The highest BCUT2D eigenvalue weighted by atomic mass is 16.2. The molecule has 0 radical (unpaired) electrons. The summed E-state index contributed by atoms with van der Waals surface area (Å²) in [5.41, 5.74) is 2.00. The lowest BCUT2D eigenvalue weighted by atomic mass is 10.1. The minimum atomic E-state index is 0.0790. The van der Waals surface area contributed by atoms with E-state index in [1.807, 2.05) is 19.9 Å². The lowest BCUT2D eigenvalue weighted by Gasteiger charge is -2.12. The van der Waals surface area contributed by atoms with Crippen LogP contribution in [0.2, 0.25) is 0 Å². The summed E-state index contributed by atoms with van der Waals surface area (Å²) in [6.45, 7) is 6.50. The van der Waals surface area contributed by atoms with Gasteiger partial charge in [0.15, 0.2) is 0 Å². The second-order valence-corrected chi connectivity index (χ2v) is 5.27. The van der Waals surface area contributed by atoms with E-state index in [1.54, 1.807) is 4.68 Å². The molecule has 1 N–H and O–H groups in total. The highest BCUT2D eigenvalue weighted by Gasteiger charge is 2.22. The summed E-state index contributed by atoms with van der Waals surface area (Å²) in [6.07, 6.45) is 3.46. The van der Waals surface area contributed by atoms with E-state index in [0.29, 0.717) is 12.6 Å². The molecule has 2 rings (SSSR count). The average molecular weight is 235 g/mol. The van der Waals surface area contributed by atoms with Crippen LogP contribution in [0.25, 0.3) is 0 Å². The lowest BCUT2D eigenvalue weighted by molar-refractivity contribution is -0.122. The first kappa shape index (κ1) is 12.1. The summed E-state index contributed by atoms with van der Waals surface area (Å²) < 4.78 is 1.77. The number of aryl methyl sites for hydroxylation is 2. The molecule has 0 aromatic carbocycles. The normalized spacial score (nSPS) is 23.9. The van der Waals surface area contributed by atoms with Gasteiger partial charge in [0.1, 0.15) is 6.54 Å². The van der Waals surface area contributed by atoms with E-state index in [4.69, 9.17) is 0 Å². The molecule has 0 saturated heterocycles. The van der Waals surface area contributed by atoms with Crippen molar-refractivity contribution in [1.82, 2.24) is 15.1 Å². The van der Waals surface area contributed by atoms with Gasteiger partial charge in [0.25, 0.3) is 0 Å². The number of rotatable bonds is 3. The first-order chi connectivity index (χ1) is 8.04. The molecule has 1 amide bonds. The molecular formula is C13H21N3O. The van der Waals surface area contributed by atoms with Gasteiger partial charge >= 0.3 is 0 Å². The smallest absolute Gasteiger partial charge is 0.241 e. The van der Waals surface area contributed by atoms with E-state index in [-0.39, 0.29) is 5.91 Å². The second-order valence-electron chi connectivity index (χ2n) is 5.27. The average Bonchev–Trinajstić information content (AvgIpc) is 2.74. The van der Waals surface area contributed by atoms with Crippen LogP contribution in [0.15, 0.2) is 6.07 Å². The molecule has 94 valence electrons. The van der Waals surface area contributed by atoms with E-state index in [2.05, 4.69) is 17.3 Å². The number of carbonyl (C=O) groups is 1. The minimum absolute atomic E-state index is 0.0790. The van der Waals surface area contributed by atoms with Gasteiger partial charge in [-0.3, -0.25) is 9.48 Å². The Morgan fingerprint density at radius 1 is 1.53 bits per heavy atom. The molecule has 1 heterocycles.